The molecular weight excluding hydrogens is 156 g/mol. The van der Waals surface area contributed by atoms with Crippen molar-refractivity contribution >= 4 is 0 Å². The topological polar surface area (TPSA) is 0 Å². The Kier molecular flexibility index (Phi) is 2.09. The number of hydrogen-bond donors (Lipinski definition) is 0. The van der Waals surface area contributed by atoms with Gasteiger partial charge < -0.3 is 0 Å². The van der Waals surface area contributed by atoms with Gasteiger partial charge in [-0.3, -0.25) is 0 Å². The standard InChI is InChI=1S/C13H20/c1-10(2)13(3)8-7-11-5-4-6-12(11)9-13/h7,9-10H,4-6,8H2,1-3H3. The molecule has 1 unspecified atom stereocenters. The molecule has 2 rings (SSSR count). The van der Waals surface area contributed by atoms with Crippen molar-refractivity contribution < 1.29 is 0 Å². The highest BCUT2D eigenvalue weighted by molar-refractivity contribution is 5.39. The van der Waals surface area contributed by atoms with Crippen LogP contribution in [0.2, 0.25) is 0 Å². The average molecular weight is 176 g/mol. The summed E-state index contributed by atoms with van der Waals surface area (Å²) in [7, 11) is 0. The second-order valence-corrected chi connectivity index (χ2v) is 5.12. The average Bonchev–Trinajstić information content (AvgIpc) is 2.50. The van der Waals surface area contributed by atoms with Crippen molar-refractivity contribution in [3.05, 3.63) is 23.3 Å². The molecule has 0 aromatic heterocycles. The van der Waals surface area contributed by atoms with Gasteiger partial charge in [-0.25, -0.2) is 0 Å². The van der Waals surface area contributed by atoms with E-state index in [2.05, 4.69) is 32.9 Å². The van der Waals surface area contributed by atoms with Crippen molar-refractivity contribution in [1.82, 2.24) is 0 Å². The van der Waals surface area contributed by atoms with Gasteiger partial charge in [-0.1, -0.05) is 32.9 Å². The van der Waals surface area contributed by atoms with Gasteiger partial charge in [-0.15, -0.1) is 0 Å². The maximum atomic E-state index is 2.56. The van der Waals surface area contributed by atoms with E-state index in [1.165, 1.54) is 25.7 Å². The molecule has 13 heavy (non-hydrogen) atoms. The van der Waals surface area contributed by atoms with Crippen LogP contribution >= 0.6 is 0 Å². The highest BCUT2D eigenvalue weighted by atomic mass is 14.3. The summed E-state index contributed by atoms with van der Waals surface area (Å²) in [6, 6.07) is 0. The van der Waals surface area contributed by atoms with Crippen molar-refractivity contribution in [1.29, 1.82) is 0 Å². The molecule has 0 aromatic carbocycles. The highest BCUT2D eigenvalue weighted by Crippen LogP contribution is 2.44. The normalized spacial score (nSPS) is 32.9. The first-order valence-electron chi connectivity index (χ1n) is 5.53. The molecule has 0 radical (unpaired) electrons. The lowest BCUT2D eigenvalue weighted by molar-refractivity contribution is 0.296. The minimum atomic E-state index is 0.434. The van der Waals surface area contributed by atoms with Gasteiger partial charge in [0.15, 0.2) is 0 Å². The predicted molar refractivity (Wildman–Crippen MR) is 57.6 cm³/mol. The first-order valence-corrected chi connectivity index (χ1v) is 5.53. The first-order chi connectivity index (χ1) is 6.12. The monoisotopic (exact) mass is 176 g/mol. The van der Waals surface area contributed by atoms with Crippen LogP contribution < -0.4 is 0 Å². The summed E-state index contributed by atoms with van der Waals surface area (Å²) in [5, 5.41) is 0. The lowest BCUT2D eigenvalue weighted by Gasteiger charge is -2.33. The van der Waals surface area contributed by atoms with Crippen LogP contribution in [-0.4, -0.2) is 0 Å². The van der Waals surface area contributed by atoms with Gasteiger partial charge in [-0.05, 0) is 48.2 Å². The molecule has 0 spiro atoms. The third-order valence-electron chi connectivity index (χ3n) is 3.92. The lowest BCUT2D eigenvalue weighted by atomic mass is 9.72. The summed E-state index contributed by atoms with van der Waals surface area (Å²) in [5.41, 5.74) is 3.74. The maximum Gasteiger partial charge on any atom is -0.00830 e. The van der Waals surface area contributed by atoms with Crippen molar-refractivity contribution in [2.45, 2.75) is 46.5 Å². The van der Waals surface area contributed by atoms with E-state index in [0.717, 1.165) is 5.92 Å². The Morgan fingerprint density at radius 2 is 1.92 bits per heavy atom. The summed E-state index contributed by atoms with van der Waals surface area (Å²) >= 11 is 0. The molecule has 2 aliphatic rings. The lowest BCUT2D eigenvalue weighted by Crippen LogP contribution is -2.22. The van der Waals surface area contributed by atoms with Crippen LogP contribution in [0, 0.1) is 11.3 Å². The van der Waals surface area contributed by atoms with Crippen LogP contribution in [0.1, 0.15) is 46.5 Å². The largest absolute Gasteiger partial charge is 0.0802 e. The molecule has 72 valence electrons. The van der Waals surface area contributed by atoms with Gasteiger partial charge in [0.2, 0.25) is 0 Å². The Hall–Kier alpha value is -0.520. The van der Waals surface area contributed by atoms with E-state index in [1.807, 2.05) is 0 Å². The van der Waals surface area contributed by atoms with E-state index in [9.17, 15) is 0 Å². The van der Waals surface area contributed by atoms with Crippen LogP contribution in [0.4, 0.5) is 0 Å². The zero-order chi connectivity index (χ0) is 9.47. The van der Waals surface area contributed by atoms with Crippen LogP contribution in [0.25, 0.3) is 0 Å². The fraction of sp³-hybridized carbons (Fsp3) is 0.692. The van der Waals surface area contributed by atoms with E-state index in [-0.39, 0.29) is 0 Å². The predicted octanol–water partition coefficient (Wildman–Crippen LogP) is 4.09. The van der Waals surface area contributed by atoms with Crippen LogP contribution in [-0.2, 0) is 0 Å². The Morgan fingerprint density at radius 1 is 1.23 bits per heavy atom. The molecule has 0 N–H and O–H groups in total. The molecule has 0 heteroatoms. The van der Waals surface area contributed by atoms with Crippen molar-refractivity contribution in [3.8, 4) is 0 Å². The molecule has 0 aliphatic heterocycles. The molecule has 0 saturated heterocycles. The van der Waals surface area contributed by atoms with E-state index in [1.54, 1.807) is 11.1 Å². The molecule has 0 aromatic rings. The molecule has 1 saturated carbocycles. The fourth-order valence-electron chi connectivity index (χ4n) is 2.39. The van der Waals surface area contributed by atoms with Gasteiger partial charge in [0.1, 0.15) is 0 Å². The third-order valence-corrected chi connectivity index (χ3v) is 3.92. The third kappa shape index (κ3) is 1.47. The number of hydrogen-bond acceptors (Lipinski definition) is 0. The molecular formula is C13H20. The summed E-state index contributed by atoms with van der Waals surface area (Å²) in [6.45, 7) is 7.08. The highest BCUT2D eigenvalue weighted by Gasteiger charge is 2.30. The van der Waals surface area contributed by atoms with E-state index in [4.69, 9.17) is 0 Å². The zero-order valence-electron chi connectivity index (χ0n) is 9.06. The van der Waals surface area contributed by atoms with Gasteiger partial charge in [0.25, 0.3) is 0 Å². The number of allylic oxidation sites excluding steroid dienone is 4. The Morgan fingerprint density at radius 3 is 2.62 bits per heavy atom. The molecule has 1 atom stereocenters. The number of rotatable bonds is 1. The SMILES string of the molecule is CC(C)C1(C)C=C2CCCC2=CC1. The van der Waals surface area contributed by atoms with Crippen LogP contribution in [0.15, 0.2) is 23.3 Å². The van der Waals surface area contributed by atoms with Crippen molar-refractivity contribution in [2.75, 3.05) is 0 Å². The first kappa shape index (κ1) is 9.05. The Bertz CT molecular complexity index is 268. The van der Waals surface area contributed by atoms with E-state index in [0.29, 0.717) is 5.41 Å². The van der Waals surface area contributed by atoms with Crippen LogP contribution in [0.5, 0.6) is 0 Å². The summed E-state index contributed by atoms with van der Waals surface area (Å²) in [6.07, 6.45) is 10.3. The molecule has 1 fully saturated rings. The number of fused-ring (bicyclic) bond motifs is 1. The van der Waals surface area contributed by atoms with Crippen molar-refractivity contribution in [2.24, 2.45) is 11.3 Å². The summed E-state index contributed by atoms with van der Waals surface area (Å²) < 4.78 is 0. The van der Waals surface area contributed by atoms with Crippen molar-refractivity contribution in [3.63, 3.8) is 0 Å². The summed E-state index contributed by atoms with van der Waals surface area (Å²) in [4.78, 5) is 0. The molecule has 0 amide bonds. The second-order valence-electron chi connectivity index (χ2n) is 5.12. The minimum Gasteiger partial charge on any atom is -0.0802 e. The zero-order valence-corrected chi connectivity index (χ0v) is 9.06. The summed E-state index contributed by atoms with van der Waals surface area (Å²) in [5.74, 6) is 0.762. The minimum absolute atomic E-state index is 0.434. The second kappa shape index (κ2) is 3.01. The molecule has 0 heterocycles. The van der Waals surface area contributed by atoms with Gasteiger partial charge in [0.05, 0.1) is 0 Å². The molecule has 0 bridgehead atoms. The smallest absolute Gasteiger partial charge is 0.00830 e. The Balaban J connectivity index is 2.27. The maximum absolute atomic E-state index is 2.56. The molecule has 0 nitrogen and oxygen atoms in total. The quantitative estimate of drug-likeness (QED) is 0.564. The Labute approximate surface area is 81.7 Å². The van der Waals surface area contributed by atoms with Gasteiger partial charge >= 0.3 is 0 Å². The fourth-order valence-corrected chi connectivity index (χ4v) is 2.39. The van der Waals surface area contributed by atoms with Crippen LogP contribution in [0.3, 0.4) is 0 Å². The molecule has 2 aliphatic carbocycles. The van der Waals surface area contributed by atoms with Gasteiger partial charge in [-0.2, -0.15) is 0 Å². The van der Waals surface area contributed by atoms with E-state index >= 15 is 0 Å². The van der Waals surface area contributed by atoms with E-state index < -0.39 is 0 Å². The van der Waals surface area contributed by atoms with Gasteiger partial charge in [0, 0.05) is 0 Å².